The second-order valence-corrected chi connectivity index (χ2v) is 10.4. The van der Waals surface area contributed by atoms with Crippen molar-refractivity contribution < 1.29 is 18.5 Å². The number of carbonyl (C=O) groups excluding carboxylic acids is 2. The maximum absolute atomic E-state index is 15.4. The Hall–Kier alpha value is -3.84. The lowest BCUT2D eigenvalue weighted by Gasteiger charge is -2.18. The molecule has 1 aliphatic heterocycles. The summed E-state index contributed by atoms with van der Waals surface area (Å²) in [5.41, 5.74) is 3.79. The molecule has 2 N–H and O–H groups in total. The summed E-state index contributed by atoms with van der Waals surface area (Å²) in [6.45, 7) is 0.730. The fourth-order valence-corrected chi connectivity index (χ4v) is 5.42. The number of benzene rings is 3. The molecule has 194 valence electrons. The molecular formula is C31H29F2N3O2. The summed E-state index contributed by atoms with van der Waals surface area (Å²) in [7, 11) is 0. The number of hydrogen-bond acceptors (Lipinski definition) is 3. The fourth-order valence-electron chi connectivity index (χ4n) is 5.42. The van der Waals surface area contributed by atoms with Crippen LogP contribution in [0.3, 0.4) is 0 Å². The zero-order valence-corrected chi connectivity index (χ0v) is 20.9. The van der Waals surface area contributed by atoms with Crippen LogP contribution < -0.4 is 10.6 Å². The number of carbonyl (C=O) groups is 2. The number of rotatable bonds is 7. The van der Waals surface area contributed by atoms with Gasteiger partial charge in [0.25, 0.3) is 0 Å². The van der Waals surface area contributed by atoms with Gasteiger partial charge in [0.2, 0.25) is 11.8 Å². The maximum Gasteiger partial charge on any atom is 0.243 e. The Kier molecular flexibility index (Phi) is 6.54. The predicted octanol–water partition coefficient (Wildman–Crippen LogP) is 5.78. The average Bonchev–Trinajstić information content (AvgIpc) is 3.50. The van der Waals surface area contributed by atoms with Crippen molar-refractivity contribution in [3.05, 3.63) is 95.4 Å². The normalized spacial score (nSPS) is 18.0. The molecule has 3 aromatic carbocycles. The number of fused-ring (bicyclic) bond motifs is 1. The van der Waals surface area contributed by atoms with E-state index in [0.29, 0.717) is 28.0 Å². The van der Waals surface area contributed by atoms with Crippen molar-refractivity contribution in [2.75, 3.05) is 6.54 Å². The van der Waals surface area contributed by atoms with Gasteiger partial charge in [-0.1, -0.05) is 59.1 Å². The van der Waals surface area contributed by atoms with E-state index in [9.17, 15) is 14.0 Å². The first-order valence-electron chi connectivity index (χ1n) is 13.2. The van der Waals surface area contributed by atoms with Gasteiger partial charge in [-0.15, -0.1) is 0 Å². The first-order chi connectivity index (χ1) is 18.5. The third-order valence-electron chi connectivity index (χ3n) is 7.72. The van der Waals surface area contributed by atoms with Crippen LogP contribution in [0, 0.1) is 5.82 Å². The van der Waals surface area contributed by atoms with Crippen LogP contribution in [0.5, 0.6) is 0 Å². The van der Waals surface area contributed by atoms with Crippen LogP contribution >= 0.6 is 0 Å². The van der Waals surface area contributed by atoms with Crippen molar-refractivity contribution in [2.24, 2.45) is 0 Å². The number of imide groups is 1. The molecule has 5 nitrogen and oxygen atoms in total. The highest BCUT2D eigenvalue weighted by Gasteiger charge is 2.31. The van der Waals surface area contributed by atoms with E-state index in [-0.39, 0.29) is 23.8 Å². The summed E-state index contributed by atoms with van der Waals surface area (Å²) in [5, 5.41) is 6.28. The van der Waals surface area contributed by atoms with Crippen molar-refractivity contribution in [1.29, 1.82) is 0 Å². The smallest absolute Gasteiger partial charge is 0.243 e. The van der Waals surface area contributed by atoms with Crippen LogP contribution in [0.4, 0.5) is 8.87 Å². The van der Waals surface area contributed by atoms with Crippen molar-refractivity contribution in [2.45, 2.75) is 50.0 Å². The number of hydrogen-bond donors (Lipinski definition) is 2. The fraction of sp³-hybridized carbons (Fsp3) is 0.290. The van der Waals surface area contributed by atoms with E-state index in [1.165, 1.54) is 0 Å². The Labute approximate surface area is 219 Å². The predicted molar refractivity (Wildman–Crippen MR) is 143 cm³/mol. The molecule has 6 rings (SSSR count). The summed E-state index contributed by atoms with van der Waals surface area (Å²) >= 11 is 0. The highest BCUT2D eigenvalue weighted by atomic mass is 19.2. The molecule has 1 aliphatic carbocycles. The van der Waals surface area contributed by atoms with Gasteiger partial charge < -0.3 is 5.32 Å². The summed E-state index contributed by atoms with van der Waals surface area (Å²) in [4.78, 5) is 26.6. The van der Waals surface area contributed by atoms with Crippen LogP contribution in [0.25, 0.3) is 22.0 Å². The molecule has 0 bridgehead atoms. The zero-order chi connectivity index (χ0) is 26.2. The molecule has 2 unspecified atom stereocenters. The first kappa shape index (κ1) is 24.5. The lowest BCUT2D eigenvalue weighted by molar-refractivity contribution is -0.132. The Balaban J connectivity index is 1.27. The molecule has 2 fully saturated rings. The van der Waals surface area contributed by atoms with E-state index < -0.39 is 17.9 Å². The summed E-state index contributed by atoms with van der Waals surface area (Å²) < 4.78 is 30.0. The molecule has 1 saturated heterocycles. The largest absolute Gasteiger partial charge is 0.306 e. The molecule has 2 amide bonds. The maximum atomic E-state index is 15.4. The van der Waals surface area contributed by atoms with E-state index >= 15 is 4.48 Å². The van der Waals surface area contributed by atoms with E-state index in [4.69, 9.17) is 0 Å². The second-order valence-electron chi connectivity index (χ2n) is 10.4. The molecule has 1 saturated carbocycles. The molecule has 2 aliphatic rings. The van der Waals surface area contributed by atoms with E-state index in [1.54, 1.807) is 30.3 Å². The summed E-state index contributed by atoms with van der Waals surface area (Å²) in [6.07, 6.45) is 3.82. The van der Waals surface area contributed by atoms with Crippen LogP contribution in [-0.2, 0) is 16.0 Å². The van der Waals surface area contributed by atoms with Crippen molar-refractivity contribution >= 4 is 22.7 Å². The van der Waals surface area contributed by atoms with Gasteiger partial charge in [-0.3, -0.25) is 14.9 Å². The molecule has 4 aromatic rings. The van der Waals surface area contributed by atoms with E-state index in [2.05, 4.69) is 10.6 Å². The third-order valence-corrected chi connectivity index (χ3v) is 7.72. The van der Waals surface area contributed by atoms with E-state index in [1.807, 2.05) is 42.5 Å². The lowest BCUT2D eigenvalue weighted by Crippen LogP contribution is -2.45. The second kappa shape index (κ2) is 10.1. The lowest BCUT2D eigenvalue weighted by atomic mass is 9.93. The number of nitrogens with one attached hydrogen (secondary N) is 2. The van der Waals surface area contributed by atoms with Gasteiger partial charge in [0.15, 0.2) is 0 Å². The van der Waals surface area contributed by atoms with Crippen molar-refractivity contribution in [1.82, 2.24) is 15.4 Å². The highest BCUT2D eigenvalue weighted by Crippen LogP contribution is 2.42. The number of para-hydroxylation sites is 1. The van der Waals surface area contributed by atoms with Crippen LogP contribution in [-0.4, -0.2) is 29.2 Å². The molecule has 2 atom stereocenters. The molecule has 1 aromatic heterocycles. The minimum absolute atomic E-state index is 0.178. The van der Waals surface area contributed by atoms with Crippen molar-refractivity contribution in [3.63, 3.8) is 0 Å². The van der Waals surface area contributed by atoms with Gasteiger partial charge in [0.1, 0.15) is 5.82 Å². The van der Waals surface area contributed by atoms with Gasteiger partial charge in [0, 0.05) is 5.39 Å². The number of nitrogens with zero attached hydrogens (tertiary/aromatic N) is 1. The molecule has 0 radical (unpaired) electrons. The number of amides is 2. The monoisotopic (exact) mass is 513 g/mol. The molecule has 0 spiro atoms. The number of halogens is 2. The van der Waals surface area contributed by atoms with Gasteiger partial charge >= 0.3 is 0 Å². The van der Waals surface area contributed by atoms with Crippen LogP contribution in [0.1, 0.15) is 54.3 Å². The summed E-state index contributed by atoms with van der Waals surface area (Å²) in [6, 6.07) is 21.1. The van der Waals surface area contributed by atoms with Crippen LogP contribution in [0.15, 0.2) is 72.8 Å². The molecule has 7 heteroatoms. The van der Waals surface area contributed by atoms with Gasteiger partial charge in [0.05, 0.1) is 23.2 Å². The Morgan fingerprint density at radius 2 is 1.74 bits per heavy atom. The van der Waals surface area contributed by atoms with E-state index in [0.717, 1.165) is 48.1 Å². The Bertz CT molecular complexity index is 1500. The first-order valence-corrected chi connectivity index (χ1v) is 13.2. The number of aromatic nitrogens is 1. The summed E-state index contributed by atoms with van der Waals surface area (Å²) in [5.74, 6) is -1.67. The minimum atomic E-state index is -0.918. The Morgan fingerprint density at radius 3 is 2.42 bits per heavy atom. The highest BCUT2D eigenvalue weighted by molar-refractivity contribution is 6.01. The zero-order valence-electron chi connectivity index (χ0n) is 20.9. The van der Waals surface area contributed by atoms with Crippen LogP contribution in [0.2, 0.25) is 0 Å². The quantitative estimate of drug-likeness (QED) is 0.329. The van der Waals surface area contributed by atoms with Gasteiger partial charge in [-0.2, -0.15) is 4.79 Å². The third kappa shape index (κ3) is 4.86. The molecular weight excluding hydrogens is 484 g/mol. The van der Waals surface area contributed by atoms with Crippen molar-refractivity contribution in [3.8, 4) is 11.1 Å². The SMILES string of the molecule is O=C(NC(=O)C(Cc1ccc(-c2ccc(C3CC3)c(F)c2)cc1)c1cc2ccccc2n1F)C1CCCN1. The molecule has 2 heterocycles. The standard InChI is InChI=1S/C31H29F2N3O2/c32-26-17-22(13-14-24(26)21-11-12-21)20-9-7-19(8-10-20)16-25(30(37)35-31(38)27-5-3-15-34-27)29-18-23-4-1-2-6-28(23)36(29)33/h1-2,4,6-10,13-14,17-18,21,25,27,34H,3,5,11-12,15-16H2,(H,35,37,38). The minimum Gasteiger partial charge on any atom is -0.306 e. The van der Waals surface area contributed by atoms with Gasteiger partial charge in [-0.25, -0.2) is 4.39 Å². The van der Waals surface area contributed by atoms with Gasteiger partial charge in [-0.05, 0) is 85.0 Å². The Morgan fingerprint density at radius 1 is 0.974 bits per heavy atom. The topological polar surface area (TPSA) is 63.1 Å². The average molecular weight is 514 g/mol. The molecule has 38 heavy (non-hydrogen) atoms.